The zero-order valence-electron chi connectivity index (χ0n) is 41.0. The lowest BCUT2D eigenvalue weighted by atomic mass is 9.95. The molecule has 0 bridgehead atoms. The highest BCUT2D eigenvalue weighted by Gasteiger charge is 2.56. The lowest BCUT2D eigenvalue weighted by Crippen LogP contribution is -2.67. The van der Waals surface area contributed by atoms with E-state index in [-0.39, 0.29) is 56.3 Å². The van der Waals surface area contributed by atoms with E-state index in [1.54, 1.807) is 91.0 Å². The molecule has 386 valence electrons. The topological polar surface area (TPSA) is 164 Å². The van der Waals surface area contributed by atoms with Crippen LogP contribution in [0.3, 0.4) is 0 Å². The van der Waals surface area contributed by atoms with E-state index in [2.05, 4.69) is 0 Å². The van der Waals surface area contributed by atoms with E-state index in [1.807, 2.05) is 121 Å². The Kier molecular flexibility index (Phi) is 18.7. The highest BCUT2D eigenvalue weighted by atomic mass is 16.8. The zero-order chi connectivity index (χ0) is 51.6. The lowest BCUT2D eigenvalue weighted by Gasteiger charge is -2.49. The number of ether oxygens (including phenoxy) is 10. The molecule has 2 fully saturated rings. The summed E-state index contributed by atoms with van der Waals surface area (Å²) in [5.41, 5.74) is 3.92. The molecule has 1 N–H and O–H groups in total. The van der Waals surface area contributed by atoms with Gasteiger partial charge in [0.15, 0.2) is 30.9 Å². The average molecular weight is 1020 g/mol. The molecule has 0 saturated carbocycles. The first-order valence-corrected chi connectivity index (χ1v) is 24.8. The summed E-state index contributed by atoms with van der Waals surface area (Å²) in [4.78, 5) is 43.0. The molecule has 1 unspecified atom stereocenters. The van der Waals surface area contributed by atoms with Gasteiger partial charge in [-0.2, -0.15) is 0 Å². The van der Waals surface area contributed by atoms with Gasteiger partial charge in [-0.15, -0.1) is 0 Å². The van der Waals surface area contributed by atoms with Crippen molar-refractivity contribution >= 4 is 17.9 Å². The van der Waals surface area contributed by atoms with Crippen LogP contribution in [0.2, 0.25) is 0 Å². The molecule has 2 heterocycles. The molecule has 0 radical (unpaired) electrons. The van der Waals surface area contributed by atoms with E-state index in [1.165, 1.54) is 0 Å². The van der Waals surface area contributed by atoms with Crippen LogP contribution < -0.4 is 0 Å². The van der Waals surface area contributed by atoms with Crippen molar-refractivity contribution in [2.45, 2.75) is 87.8 Å². The molecule has 2 aliphatic rings. The maximum absolute atomic E-state index is 14.5. The lowest BCUT2D eigenvalue weighted by molar-refractivity contribution is -0.362. The van der Waals surface area contributed by atoms with Gasteiger partial charge in [0, 0.05) is 0 Å². The largest absolute Gasteiger partial charge is 0.452 e. The molecule has 10 atom stereocenters. The smallest absolute Gasteiger partial charge is 0.338 e. The highest BCUT2D eigenvalue weighted by molar-refractivity contribution is 5.91. The number of rotatable bonds is 22. The zero-order valence-corrected chi connectivity index (χ0v) is 41.0. The predicted molar refractivity (Wildman–Crippen MR) is 274 cm³/mol. The number of hydrogen-bond donors (Lipinski definition) is 1. The third-order valence-electron chi connectivity index (χ3n) is 12.6. The van der Waals surface area contributed by atoms with E-state index in [9.17, 15) is 19.5 Å². The van der Waals surface area contributed by atoms with Crippen LogP contribution in [0.15, 0.2) is 212 Å². The second-order valence-corrected chi connectivity index (χ2v) is 17.9. The van der Waals surface area contributed by atoms with Gasteiger partial charge >= 0.3 is 17.9 Å². The Morgan fingerprint density at radius 3 is 1.08 bits per heavy atom. The van der Waals surface area contributed by atoms with Gasteiger partial charge in [0.2, 0.25) is 0 Å². The van der Waals surface area contributed by atoms with Crippen molar-refractivity contribution in [2.75, 3.05) is 13.2 Å². The first kappa shape index (κ1) is 52.5. The Bertz CT molecular complexity index is 2810. The predicted octanol–water partition coefficient (Wildman–Crippen LogP) is 9.09. The van der Waals surface area contributed by atoms with Crippen molar-refractivity contribution in [3.05, 3.63) is 251 Å². The van der Waals surface area contributed by atoms with Gasteiger partial charge in [0.25, 0.3) is 0 Å². The van der Waals surface area contributed by atoms with Crippen LogP contribution >= 0.6 is 0 Å². The molecule has 0 spiro atoms. The van der Waals surface area contributed by atoms with Crippen molar-refractivity contribution in [1.82, 2.24) is 0 Å². The van der Waals surface area contributed by atoms with E-state index in [4.69, 9.17) is 47.4 Å². The molecule has 9 rings (SSSR count). The van der Waals surface area contributed by atoms with E-state index in [0.717, 1.165) is 22.3 Å². The van der Waals surface area contributed by atoms with Gasteiger partial charge in [-0.1, -0.05) is 176 Å². The molecule has 2 aliphatic heterocycles. The maximum atomic E-state index is 14.5. The first-order chi connectivity index (χ1) is 36.9. The minimum atomic E-state index is -1.82. The Balaban J connectivity index is 1.14. The summed E-state index contributed by atoms with van der Waals surface area (Å²) < 4.78 is 65.6. The van der Waals surface area contributed by atoms with Gasteiger partial charge in [-0.3, -0.25) is 0 Å². The van der Waals surface area contributed by atoms with Crippen molar-refractivity contribution in [2.24, 2.45) is 0 Å². The third kappa shape index (κ3) is 14.5. The molecule has 0 aliphatic carbocycles. The van der Waals surface area contributed by atoms with Crippen LogP contribution in [0.5, 0.6) is 0 Å². The average Bonchev–Trinajstić information content (AvgIpc) is 3.46. The minimum absolute atomic E-state index is 0.0139. The van der Waals surface area contributed by atoms with Crippen LogP contribution in [0.1, 0.15) is 53.3 Å². The number of benzene rings is 7. The number of aliphatic hydroxyl groups excluding tert-OH is 1. The molecule has 75 heavy (non-hydrogen) atoms. The molecular formula is C61H58O14. The van der Waals surface area contributed by atoms with Gasteiger partial charge in [-0.05, 0) is 58.7 Å². The molecule has 14 heteroatoms. The number of carbonyl (C=O) groups is 3. The summed E-state index contributed by atoms with van der Waals surface area (Å²) in [5, 5.41) is 12.1. The number of hydrogen-bond acceptors (Lipinski definition) is 14. The second kappa shape index (κ2) is 26.7. The summed E-state index contributed by atoms with van der Waals surface area (Å²) in [6, 6.07) is 62.8. The fraction of sp³-hybridized carbons (Fsp3) is 0.262. The van der Waals surface area contributed by atoms with Crippen LogP contribution in [0.25, 0.3) is 0 Å². The Labute approximate surface area is 435 Å². The van der Waals surface area contributed by atoms with Crippen LogP contribution in [-0.4, -0.2) is 97.6 Å². The summed E-state index contributed by atoms with van der Waals surface area (Å²) in [5.74, 6) is -2.36. The van der Waals surface area contributed by atoms with Gasteiger partial charge in [0.1, 0.15) is 30.5 Å². The number of esters is 3. The fourth-order valence-corrected chi connectivity index (χ4v) is 8.81. The second-order valence-electron chi connectivity index (χ2n) is 17.9. The van der Waals surface area contributed by atoms with Crippen molar-refractivity contribution in [3.8, 4) is 0 Å². The Morgan fingerprint density at radius 2 is 0.680 bits per heavy atom. The third-order valence-corrected chi connectivity index (χ3v) is 12.6. The fourth-order valence-electron chi connectivity index (χ4n) is 8.81. The summed E-state index contributed by atoms with van der Waals surface area (Å²) in [7, 11) is 0. The summed E-state index contributed by atoms with van der Waals surface area (Å²) in [6.45, 7) is 0.137. The SMILES string of the molecule is O=C(O[C@H]1[C@@H](OCc2ccccc2)[C@@H](COCc2ccccc2)O[C@@H](O[C@H]2[C@@H](OCc3ccccc3)[C@@H](COCc3ccccc3)OC(O)[C@@H]2OC(=O)c2ccccc2)[C@@H]1OC(=O)c1ccccc1)c1ccccc1. The Morgan fingerprint density at radius 1 is 0.360 bits per heavy atom. The van der Waals surface area contributed by atoms with E-state index >= 15 is 0 Å². The quantitative estimate of drug-likeness (QED) is 0.0505. The van der Waals surface area contributed by atoms with Crippen molar-refractivity contribution in [3.63, 3.8) is 0 Å². The normalized spacial score (nSPS) is 23.4. The Hall–Kier alpha value is -7.37. The van der Waals surface area contributed by atoms with Crippen LogP contribution in [0.4, 0.5) is 0 Å². The molecular weight excluding hydrogens is 957 g/mol. The van der Waals surface area contributed by atoms with Crippen LogP contribution in [-0.2, 0) is 73.8 Å². The van der Waals surface area contributed by atoms with Crippen molar-refractivity contribution in [1.29, 1.82) is 0 Å². The summed E-state index contributed by atoms with van der Waals surface area (Å²) >= 11 is 0. The molecule has 0 aromatic heterocycles. The van der Waals surface area contributed by atoms with E-state index < -0.39 is 79.3 Å². The van der Waals surface area contributed by atoms with Crippen LogP contribution in [0, 0.1) is 0 Å². The first-order valence-electron chi connectivity index (χ1n) is 24.8. The van der Waals surface area contributed by atoms with E-state index in [0.29, 0.717) is 0 Å². The highest BCUT2D eigenvalue weighted by Crippen LogP contribution is 2.36. The van der Waals surface area contributed by atoms with Gasteiger partial charge in [-0.25, -0.2) is 14.4 Å². The van der Waals surface area contributed by atoms with Gasteiger partial charge in [0.05, 0.1) is 56.3 Å². The van der Waals surface area contributed by atoms with Crippen molar-refractivity contribution < 1.29 is 66.9 Å². The molecule has 2 saturated heterocycles. The number of carbonyl (C=O) groups excluding carboxylic acids is 3. The molecule has 14 nitrogen and oxygen atoms in total. The monoisotopic (exact) mass is 1010 g/mol. The maximum Gasteiger partial charge on any atom is 0.338 e. The minimum Gasteiger partial charge on any atom is -0.452 e. The summed E-state index contributed by atoms with van der Waals surface area (Å²) in [6.07, 6.45) is -14.1. The van der Waals surface area contributed by atoms with Gasteiger partial charge < -0.3 is 52.5 Å². The number of aliphatic hydroxyl groups is 1. The molecule has 7 aromatic carbocycles. The molecule has 0 amide bonds. The molecule has 7 aromatic rings. The standard InChI is InChI=1S/C61H58O14/c62-57(46-30-16-5-17-31-46)72-54-52(69-39-45-28-14-4-15-29-45)50(41-67-37-43-24-10-2-11-25-43)71-61(56(54)74-59(64)48-34-20-7-21-35-48)75-53-51(68-38-44-26-12-3-13-27-44)49(40-66-36-42-22-8-1-9-23-42)70-60(65)55(53)73-58(63)47-32-18-6-19-33-47/h1-35,49-56,60-61,65H,36-41H2/t49-,50-,51+,52+,53+,54+,55-,56-,60?,61+/m1/s1.